The fourth-order valence-corrected chi connectivity index (χ4v) is 6.87. The van der Waals surface area contributed by atoms with Gasteiger partial charge in [0, 0.05) is 10.4 Å². The van der Waals surface area contributed by atoms with Gasteiger partial charge in [0.05, 0.1) is 29.0 Å². The Hall–Kier alpha value is -2.76. The van der Waals surface area contributed by atoms with Crippen LogP contribution in [0.15, 0.2) is 77.3 Å². The maximum absolute atomic E-state index is 14.0. The predicted molar refractivity (Wildman–Crippen MR) is 121 cm³/mol. The first-order valence-corrected chi connectivity index (χ1v) is 11.3. The number of imide groups is 1. The monoisotopic (exact) mass is 473 g/mol. The smallest absolute Gasteiger partial charge is 0.239 e. The molecule has 3 aromatic rings. The zero-order valence-electron chi connectivity index (χ0n) is 16.8. The van der Waals surface area contributed by atoms with Crippen LogP contribution in [-0.2, 0) is 15.0 Å². The molecule has 2 bridgehead atoms. The Morgan fingerprint density at radius 3 is 2.00 bits per heavy atom. The van der Waals surface area contributed by atoms with Gasteiger partial charge in [-0.3, -0.25) is 9.59 Å². The number of hydrogen-bond acceptors (Lipinski definition) is 3. The van der Waals surface area contributed by atoms with Gasteiger partial charge < -0.3 is 5.11 Å². The Labute approximate surface area is 188 Å². The summed E-state index contributed by atoms with van der Waals surface area (Å²) in [6.45, 7) is 1.75. The first-order chi connectivity index (χ1) is 15.0. The quantitative estimate of drug-likeness (QED) is 0.561. The van der Waals surface area contributed by atoms with Gasteiger partial charge in [0.1, 0.15) is 0 Å². The summed E-state index contributed by atoms with van der Waals surface area (Å²) in [5, 5.41) is 11.3. The number of hydrogen-bond donors (Lipinski definition) is 1. The molecule has 1 N–H and O–H groups in total. The van der Waals surface area contributed by atoms with E-state index in [0.717, 1.165) is 22.3 Å². The van der Waals surface area contributed by atoms with Crippen molar-refractivity contribution in [1.29, 1.82) is 0 Å². The number of carbonyl (C=O) groups is 2. The van der Waals surface area contributed by atoms with Gasteiger partial charge in [0.2, 0.25) is 11.8 Å². The third kappa shape index (κ3) is 2.13. The molecule has 2 amide bonds. The van der Waals surface area contributed by atoms with Crippen LogP contribution in [-0.4, -0.2) is 23.0 Å². The first-order valence-electron chi connectivity index (χ1n) is 10.5. The summed E-state index contributed by atoms with van der Waals surface area (Å²) >= 11 is 3.51. The van der Waals surface area contributed by atoms with Crippen molar-refractivity contribution < 1.29 is 14.7 Å². The lowest BCUT2D eigenvalue weighted by Crippen LogP contribution is -2.58. The molecule has 3 atom stereocenters. The third-order valence-electron chi connectivity index (χ3n) is 7.44. The number of benzene rings is 3. The van der Waals surface area contributed by atoms with Crippen LogP contribution in [0.4, 0.5) is 5.69 Å². The Morgan fingerprint density at radius 2 is 1.42 bits per heavy atom. The minimum Gasteiger partial charge on any atom is -0.392 e. The molecule has 0 radical (unpaired) electrons. The number of carbonyl (C=O) groups excluding carboxylic acids is 2. The summed E-state index contributed by atoms with van der Waals surface area (Å²) in [4.78, 5) is 29.2. The normalized spacial score (nSPS) is 28.9. The molecule has 4 aliphatic rings. The summed E-state index contributed by atoms with van der Waals surface area (Å²) in [5.74, 6) is -1.83. The van der Waals surface area contributed by atoms with Gasteiger partial charge in [-0.2, -0.15) is 0 Å². The van der Waals surface area contributed by atoms with Gasteiger partial charge in [0.15, 0.2) is 0 Å². The van der Waals surface area contributed by atoms with Crippen molar-refractivity contribution in [2.24, 2.45) is 11.8 Å². The van der Waals surface area contributed by atoms with E-state index in [1.807, 2.05) is 66.7 Å². The molecule has 3 aliphatic carbocycles. The van der Waals surface area contributed by atoms with Gasteiger partial charge in [-0.15, -0.1) is 0 Å². The molecule has 0 aromatic heterocycles. The van der Waals surface area contributed by atoms with Crippen LogP contribution >= 0.6 is 15.9 Å². The highest BCUT2D eigenvalue weighted by Crippen LogP contribution is 2.65. The van der Waals surface area contributed by atoms with Gasteiger partial charge in [-0.25, -0.2) is 4.90 Å². The van der Waals surface area contributed by atoms with E-state index in [1.165, 1.54) is 4.90 Å². The molecular weight excluding hydrogens is 454 g/mol. The second-order valence-electron chi connectivity index (χ2n) is 8.66. The summed E-state index contributed by atoms with van der Waals surface area (Å²) < 4.78 is 0.698. The van der Waals surface area contributed by atoms with Gasteiger partial charge in [-0.05, 0) is 57.2 Å². The van der Waals surface area contributed by atoms with Crippen LogP contribution in [0, 0.1) is 11.8 Å². The second-order valence-corrected chi connectivity index (χ2v) is 9.52. The van der Waals surface area contributed by atoms with Crippen LogP contribution in [0.25, 0.3) is 0 Å². The molecule has 7 rings (SSSR count). The van der Waals surface area contributed by atoms with Crippen LogP contribution < -0.4 is 4.90 Å². The predicted octanol–water partition coefficient (Wildman–Crippen LogP) is 4.38. The van der Waals surface area contributed by atoms with Crippen molar-refractivity contribution >= 4 is 33.4 Å². The lowest BCUT2D eigenvalue weighted by atomic mass is 9.46. The fourth-order valence-electron chi connectivity index (χ4n) is 6.41. The lowest BCUT2D eigenvalue weighted by molar-refractivity contribution is -0.126. The van der Waals surface area contributed by atoms with Crippen molar-refractivity contribution in [2.75, 3.05) is 4.90 Å². The Morgan fingerprint density at radius 1 is 0.871 bits per heavy atom. The number of aliphatic hydroxyl groups is 1. The Kier molecular flexibility index (Phi) is 3.90. The van der Waals surface area contributed by atoms with Crippen LogP contribution in [0.2, 0.25) is 0 Å². The number of nitrogens with zero attached hydrogens (tertiary/aromatic N) is 1. The van der Waals surface area contributed by atoms with Gasteiger partial charge >= 0.3 is 0 Å². The van der Waals surface area contributed by atoms with E-state index in [4.69, 9.17) is 0 Å². The zero-order chi connectivity index (χ0) is 21.5. The SMILES string of the molecule is C[C@H](O)C12c3ccccc3C(c3ccccc31)[C@H]1C(=O)N(c3ccccc3Br)C(=O)[C@@H]12. The van der Waals surface area contributed by atoms with Crippen molar-refractivity contribution in [3.63, 3.8) is 0 Å². The molecule has 5 heteroatoms. The minimum atomic E-state index is -0.963. The van der Waals surface area contributed by atoms with E-state index in [-0.39, 0.29) is 17.7 Å². The number of amides is 2. The number of anilines is 1. The fraction of sp³-hybridized carbons (Fsp3) is 0.231. The van der Waals surface area contributed by atoms with E-state index in [1.54, 1.807) is 13.0 Å². The summed E-state index contributed by atoms with van der Waals surface area (Å²) in [5.41, 5.74) is 3.60. The Bertz CT molecular complexity index is 1220. The second kappa shape index (κ2) is 6.38. The molecule has 31 heavy (non-hydrogen) atoms. The molecule has 1 heterocycles. The number of rotatable bonds is 2. The zero-order valence-corrected chi connectivity index (χ0v) is 18.4. The lowest BCUT2D eigenvalue weighted by Gasteiger charge is -2.55. The van der Waals surface area contributed by atoms with E-state index in [9.17, 15) is 14.7 Å². The van der Waals surface area contributed by atoms with Crippen molar-refractivity contribution in [2.45, 2.75) is 24.4 Å². The molecule has 0 unspecified atom stereocenters. The van der Waals surface area contributed by atoms with Crippen molar-refractivity contribution in [3.8, 4) is 0 Å². The highest BCUT2D eigenvalue weighted by Gasteiger charge is 2.69. The molecule has 4 nitrogen and oxygen atoms in total. The van der Waals surface area contributed by atoms with Crippen LogP contribution in [0.5, 0.6) is 0 Å². The number of para-hydroxylation sites is 1. The van der Waals surface area contributed by atoms with Crippen molar-refractivity contribution in [3.05, 3.63) is 99.5 Å². The van der Waals surface area contributed by atoms with Crippen LogP contribution in [0.1, 0.15) is 35.1 Å². The summed E-state index contributed by atoms with van der Waals surface area (Å²) in [6, 6.07) is 23.3. The maximum Gasteiger partial charge on any atom is 0.239 e. The standard InChI is InChI=1S/C26H20BrNO3/c1-14(29)26-17-10-4-2-8-15(17)21(16-9-3-5-11-18(16)26)22-23(26)25(31)28(24(22)30)20-13-7-6-12-19(20)27/h2-14,21-23,29H,1H3/t14-,21?,22+,23+,26?/m0/s1. The van der Waals surface area contributed by atoms with Crippen molar-refractivity contribution in [1.82, 2.24) is 0 Å². The molecule has 3 aromatic carbocycles. The molecule has 1 fully saturated rings. The van der Waals surface area contributed by atoms with E-state index in [0.29, 0.717) is 10.2 Å². The highest BCUT2D eigenvalue weighted by molar-refractivity contribution is 9.10. The average Bonchev–Trinajstić information content (AvgIpc) is 3.05. The van der Waals surface area contributed by atoms with Crippen LogP contribution in [0.3, 0.4) is 0 Å². The number of aliphatic hydroxyl groups excluding tert-OH is 1. The largest absolute Gasteiger partial charge is 0.392 e. The third-order valence-corrected chi connectivity index (χ3v) is 8.11. The highest BCUT2D eigenvalue weighted by atomic mass is 79.9. The average molecular weight is 474 g/mol. The van der Waals surface area contributed by atoms with E-state index >= 15 is 0 Å². The Balaban J connectivity index is 1.68. The summed E-state index contributed by atoms with van der Waals surface area (Å²) in [7, 11) is 0. The topological polar surface area (TPSA) is 57.6 Å². The van der Waals surface area contributed by atoms with E-state index in [2.05, 4.69) is 15.9 Å². The molecule has 0 spiro atoms. The summed E-state index contributed by atoms with van der Waals surface area (Å²) in [6.07, 6.45) is -0.848. The van der Waals surface area contributed by atoms with Gasteiger partial charge in [0.25, 0.3) is 0 Å². The molecule has 0 saturated carbocycles. The maximum atomic E-state index is 14.0. The van der Waals surface area contributed by atoms with Gasteiger partial charge in [-0.1, -0.05) is 60.7 Å². The number of halogens is 1. The molecule has 1 aliphatic heterocycles. The first kappa shape index (κ1) is 19.0. The minimum absolute atomic E-state index is 0.194. The van der Waals surface area contributed by atoms with E-state index < -0.39 is 23.4 Å². The molecule has 154 valence electrons. The molecule has 1 saturated heterocycles. The molecular formula is C26H20BrNO3.